The molecular weight excluding hydrogens is 190 g/mol. The molecule has 0 aromatic carbocycles. The van der Waals surface area contributed by atoms with Gasteiger partial charge in [-0.1, -0.05) is 13.8 Å². The summed E-state index contributed by atoms with van der Waals surface area (Å²) < 4.78 is 0. The average Bonchev–Trinajstić information content (AvgIpc) is 2.66. The lowest BCUT2D eigenvalue weighted by Gasteiger charge is -2.23. The number of amides is 1. The Hall–Kier alpha value is -0.860. The van der Waals surface area contributed by atoms with Gasteiger partial charge in [-0.25, -0.2) is 0 Å². The molecule has 1 aliphatic rings. The van der Waals surface area contributed by atoms with Crippen LogP contribution in [0.3, 0.4) is 0 Å². The van der Waals surface area contributed by atoms with E-state index in [9.17, 15) is 9.59 Å². The molecule has 0 bridgehead atoms. The van der Waals surface area contributed by atoms with Gasteiger partial charge in [0.15, 0.2) is 5.78 Å². The van der Waals surface area contributed by atoms with Gasteiger partial charge < -0.3 is 4.90 Å². The molecule has 1 heterocycles. The summed E-state index contributed by atoms with van der Waals surface area (Å²) in [6, 6.07) is -0.107. The number of hydrogen-bond donors (Lipinski definition) is 0. The fraction of sp³-hybridized carbons (Fsp3) is 0.833. The molecule has 0 radical (unpaired) electrons. The zero-order valence-corrected chi connectivity index (χ0v) is 9.79. The lowest BCUT2D eigenvalue weighted by atomic mass is 10.1. The first-order valence-electron chi connectivity index (χ1n) is 6.02. The Labute approximate surface area is 91.8 Å². The largest absolute Gasteiger partial charge is 0.333 e. The minimum atomic E-state index is -0.107. The molecule has 1 atom stereocenters. The van der Waals surface area contributed by atoms with Crippen LogP contribution in [-0.2, 0) is 9.59 Å². The Morgan fingerprint density at radius 3 is 2.47 bits per heavy atom. The quantitative estimate of drug-likeness (QED) is 0.698. The Balaban J connectivity index is 2.56. The number of Topliss-reactive ketones (excluding diaryl/α,β-unsaturated/α-hetero) is 1. The van der Waals surface area contributed by atoms with Crippen molar-refractivity contribution < 1.29 is 9.59 Å². The summed E-state index contributed by atoms with van der Waals surface area (Å²) in [5.41, 5.74) is 0. The molecule has 0 spiro atoms. The summed E-state index contributed by atoms with van der Waals surface area (Å²) in [6.45, 7) is 4.78. The van der Waals surface area contributed by atoms with Gasteiger partial charge in [-0.3, -0.25) is 9.59 Å². The molecule has 1 aliphatic heterocycles. The number of carbonyl (C=O) groups is 2. The molecule has 0 aliphatic carbocycles. The van der Waals surface area contributed by atoms with Gasteiger partial charge in [0.1, 0.15) is 0 Å². The predicted molar refractivity (Wildman–Crippen MR) is 59.6 cm³/mol. The molecule has 3 heteroatoms. The zero-order chi connectivity index (χ0) is 11.3. The van der Waals surface area contributed by atoms with Crippen LogP contribution in [0.5, 0.6) is 0 Å². The van der Waals surface area contributed by atoms with Crippen molar-refractivity contribution in [3.8, 4) is 0 Å². The van der Waals surface area contributed by atoms with E-state index in [1.807, 2.05) is 13.8 Å². The number of rotatable bonds is 5. The highest BCUT2D eigenvalue weighted by Crippen LogP contribution is 2.20. The van der Waals surface area contributed by atoms with Crippen LogP contribution >= 0.6 is 0 Å². The van der Waals surface area contributed by atoms with E-state index in [-0.39, 0.29) is 17.7 Å². The topological polar surface area (TPSA) is 37.4 Å². The fourth-order valence-corrected chi connectivity index (χ4v) is 2.17. The summed E-state index contributed by atoms with van der Waals surface area (Å²) in [6.07, 6.45) is 4.79. The van der Waals surface area contributed by atoms with Crippen molar-refractivity contribution in [2.24, 2.45) is 0 Å². The van der Waals surface area contributed by atoms with E-state index in [4.69, 9.17) is 0 Å². The van der Waals surface area contributed by atoms with Crippen LogP contribution in [0.1, 0.15) is 52.4 Å². The molecule has 1 fully saturated rings. The number of carbonyl (C=O) groups excluding carboxylic acids is 2. The van der Waals surface area contributed by atoms with Gasteiger partial charge in [0.05, 0.1) is 6.04 Å². The molecule has 1 rings (SSSR count). The monoisotopic (exact) mass is 211 g/mol. The van der Waals surface area contributed by atoms with Crippen LogP contribution in [0.25, 0.3) is 0 Å². The van der Waals surface area contributed by atoms with E-state index in [0.29, 0.717) is 12.8 Å². The first-order valence-corrected chi connectivity index (χ1v) is 6.02. The fourth-order valence-electron chi connectivity index (χ4n) is 2.17. The Morgan fingerprint density at radius 1 is 1.20 bits per heavy atom. The van der Waals surface area contributed by atoms with Gasteiger partial charge in [0.2, 0.25) is 5.91 Å². The SMILES string of the molecule is CCCC(=O)C1CCCN1C(=O)CCC. The second-order valence-corrected chi connectivity index (χ2v) is 4.21. The minimum absolute atomic E-state index is 0.107. The number of likely N-dealkylation sites (tertiary alicyclic amines) is 1. The van der Waals surface area contributed by atoms with Crippen molar-refractivity contribution in [1.29, 1.82) is 0 Å². The third-order valence-electron chi connectivity index (χ3n) is 2.91. The Bertz CT molecular complexity index is 214. The smallest absolute Gasteiger partial charge is 0.223 e. The second kappa shape index (κ2) is 5.89. The first kappa shape index (κ1) is 12.2. The Morgan fingerprint density at radius 2 is 1.87 bits per heavy atom. The van der Waals surface area contributed by atoms with Gasteiger partial charge in [0, 0.05) is 19.4 Å². The third-order valence-corrected chi connectivity index (χ3v) is 2.91. The summed E-state index contributed by atoms with van der Waals surface area (Å²) in [5, 5.41) is 0. The van der Waals surface area contributed by atoms with E-state index in [0.717, 1.165) is 32.2 Å². The summed E-state index contributed by atoms with van der Waals surface area (Å²) in [7, 11) is 0. The number of hydrogen-bond acceptors (Lipinski definition) is 2. The second-order valence-electron chi connectivity index (χ2n) is 4.21. The zero-order valence-electron chi connectivity index (χ0n) is 9.79. The first-order chi connectivity index (χ1) is 7.20. The van der Waals surface area contributed by atoms with Crippen molar-refractivity contribution in [2.45, 2.75) is 58.4 Å². The molecule has 86 valence electrons. The van der Waals surface area contributed by atoms with Crippen molar-refractivity contribution in [1.82, 2.24) is 4.90 Å². The van der Waals surface area contributed by atoms with Crippen LogP contribution in [-0.4, -0.2) is 29.2 Å². The van der Waals surface area contributed by atoms with Crippen LogP contribution in [0.4, 0.5) is 0 Å². The molecule has 0 aromatic rings. The van der Waals surface area contributed by atoms with Crippen molar-refractivity contribution in [3.63, 3.8) is 0 Å². The van der Waals surface area contributed by atoms with Crippen LogP contribution in [0, 0.1) is 0 Å². The molecule has 0 aromatic heterocycles. The predicted octanol–water partition coefficient (Wildman–Crippen LogP) is 2.15. The van der Waals surface area contributed by atoms with Crippen molar-refractivity contribution in [3.05, 3.63) is 0 Å². The van der Waals surface area contributed by atoms with E-state index in [1.165, 1.54) is 0 Å². The van der Waals surface area contributed by atoms with Gasteiger partial charge in [0.25, 0.3) is 0 Å². The molecular formula is C12H21NO2. The van der Waals surface area contributed by atoms with E-state index in [2.05, 4.69) is 0 Å². The highest BCUT2D eigenvalue weighted by molar-refractivity contribution is 5.89. The molecule has 1 saturated heterocycles. The number of ketones is 1. The molecule has 0 saturated carbocycles. The summed E-state index contributed by atoms with van der Waals surface area (Å²) >= 11 is 0. The number of nitrogens with zero attached hydrogens (tertiary/aromatic N) is 1. The van der Waals surface area contributed by atoms with E-state index >= 15 is 0 Å². The Kier molecular flexibility index (Phi) is 4.79. The average molecular weight is 211 g/mol. The van der Waals surface area contributed by atoms with E-state index in [1.54, 1.807) is 4.90 Å². The highest BCUT2D eigenvalue weighted by atomic mass is 16.2. The van der Waals surface area contributed by atoms with E-state index < -0.39 is 0 Å². The molecule has 15 heavy (non-hydrogen) atoms. The normalized spacial score (nSPS) is 20.7. The van der Waals surface area contributed by atoms with Gasteiger partial charge in [-0.15, -0.1) is 0 Å². The maximum absolute atomic E-state index is 11.8. The van der Waals surface area contributed by atoms with Gasteiger partial charge in [-0.2, -0.15) is 0 Å². The van der Waals surface area contributed by atoms with Crippen LogP contribution < -0.4 is 0 Å². The molecule has 1 amide bonds. The van der Waals surface area contributed by atoms with Crippen LogP contribution in [0.2, 0.25) is 0 Å². The maximum Gasteiger partial charge on any atom is 0.223 e. The minimum Gasteiger partial charge on any atom is -0.333 e. The van der Waals surface area contributed by atoms with Gasteiger partial charge in [-0.05, 0) is 25.7 Å². The lowest BCUT2D eigenvalue weighted by molar-refractivity contribution is -0.137. The molecule has 3 nitrogen and oxygen atoms in total. The molecule has 1 unspecified atom stereocenters. The van der Waals surface area contributed by atoms with Crippen molar-refractivity contribution >= 4 is 11.7 Å². The van der Waals surface area contributed by atoms with Crippen LogP contribution in [0.15, 0.2) is 0 Å². The third kappa shape index (κ3) is 3.05. The standard InChI is InChI=1S/C12H21NO2/c1-3-6-11(14)10-8-5-9-13(10)12(15)7-4-2/h10H,3-9H2,1-2H3. The maximum atomic E-state index is 11.8. The lowest BCUT2D eigenvalue weighted by Crippen LogP contribution is -2.40. The highest BCUT2D eigenvalue weighted by Gasteiger charge is 2.32. The summed E-state index contributed by atoms with van der Waals surface area (Å²) in [4.78, 5) is 25.3. The van der Waals surface area contributed by atoms with Crippen molar-refractivity contribution in [2.75, 3.05) is 6.54 Å². The summed E-state index contributed by atoms with van der Waals surface area (Å²) in [5.74, 6) is 0.406. The molecule has 0 N–H and O–H groups in total. The van der Waals surface area contributed by atoms with Gasteiger partial charge >= 0.3 is 0 Å².